The van der Waals surface area contributed by atoms with Crippen LogP contribution < -0.4 is 10.0 Å². The maximum Gasteiger partial charge on any atom is 0.263 e. The van der Waals surface area contributed by atoms with Crippen LogP contribution in [-0.4, -0.2) is 19.9 Å². The van der Waals surface area contributed by atoms with Gasteiger partial charge in [0.25, 0.3) is 10.0 Å². The molecule has 1 aliphatic heterocycles. The number of sulfonamides is 1. The minimum atomic E-state index is -3.71. The average molecular weight is 293 g/mol. The van der Waals surface area contributed by atoms with Gasteiger partial charge in [-0.05, 0) is 42.3 Å². The molecule has 0 fully saturated rings. The molecule has 0 unspecified atom stereocenters. The summed E-state index contributed by atoms with van der Waals surface area (Å²) in [6.07, 6.45) is 1.76. The monoisotopic (exact) mass is 293 g/mol. The molecule has 0 radical (unpaired) electrons. The molecular weight excluding hydrogens is 281 g/mol. The molecule has 1 aromatic carbocycles. The Bertz CT molecular complexity index is 745. The maximum absolute atomic E-state index is 12.7. The normalized spacial score (nSPS) is 13.7. The van der Waals surface area contributed by atoms with Crippen molar-refractivity contribution in [3.63, 3.8) is 0 Å². The van der Waals surface area contributed by atoms with Gasteiger partial charge in [0, 0.05) is 12.2 Å². The lowest BCUT2D eigenvalue weighted by molar-refractivity contribution is 0.600. The third kappa shape index (κ3) is 2.44. The molecule has 3 rings (SSSR count). The van der Waals surface area contributed by atoms with E-state index in [2.05, 4.69) is 15.0 Å². The number of benzene rings is 1. The fourth-order valence-electron chi connectivity index (χ4n) is 2.08. The fourth-order valence-corrected chi connectivity index (χ4v) is 3.14. The number of nitrogens with one attached hydrogen (secondary N) is 2. The van der Waals surface area contributed by atoms with Gasteiger partial charge in [-0.15, -0.1) is 0 Å². The Labute approximate surface area is 115 Å². The van der Waals surface area contributed by atoms with Gasteiger partial charge in [-0.25, -0.2) is 17.8 Å². The summed E-state index contributed by atoms with van der Waals surface area (Å²) in [5.41, 5.74) is 1.93. The number of hydrogen-bond donors (Lipinski definition) is 2. The summed E-state index contributed by atoms with van der Waals surface area (Å²) in [6, 6.07) is 7.35. The molecule has 2 N–H and O–H groups in total. The zero-order valence-electron chi connectivity index (χ0n) is 10.4. The number of anilines is 2. The number of pyridine rings is 1. The lowest BCUT2D eigenvalue weighted by Crippen LogP contribution is -2.14. The van der Waals surface area contributed by atoms with Gasteiger partial charge in [-0.2, -0.15) is 0 Å². The first-order valence-electron chi connectivity index (χ1n) is 6.06. The summed E-state index contributed by atoms with van der Waals surface area (Å²) in [7, 11) is -3.71. The van der Waals surface area contributed by atoms with Gasteiger partial charge in [0.15, 0.2) is 0 Å². The molecule has 0 aliphatic carbocycles. The quantitative estimate of drug-likeness (QED) is 0.908. The van der Waals surface area contributed by atoms with E-state index < -0.39 is 15.8 Å². The lowest BCUT2D eigenvalue weighted by atomic mass is 10.2. The van der Waals surface area contributed by atoms with Crippen molar-refractivity contribution in [3.8, 4) is 0 Å². The van der Waals surface area contributed by atoms with Gasteiger partial charge in [-0.1, -0.05) is 0 Å². The third-order valence-electron chi connectivity index (χ3n) is 3.06. The second-order valence-corrected chi connectivity index (χ2v) is 6.15. The zero-order valence-corrected chi connectivity index (χ0v) is 11.2. The first-order valence-corrected chi connectivity index (χ1v) is 7.54. The summed E-state index contributed by atoms with van der Waals surface area (Å²) < 4.78 is 39.5. The van der Waals surface area contributed by atoms with E-state index in [1.807, 2.05) is 0 Å². The van der Waals surface area contributed by atoms with Crippen molar-refractivity contribution in [3.05, 3.63) is 47.9 Å². The smallest absolute Gasteiger partial charge is 0.263 e. The molecule has 7 heteroatoms. The molecule has 0 bridgehead atoms. The molecule has 104 valence electrons. The Kier molecular flexibility index (Phi) is 3.06. The first-order chi connectivity index (χ1) is 9.54. The summed E-state index contributed by atoms with van der Waals surface area (Å²) in [6.45, 7) is 0.811. The van der Waals surface area contributed by atoms with Gasteiger partial charge in [-0.3, -0.25) is 4.72 Å². The van der Waals surface area contributed by atoms with Crippen LogP contribution in [0.15, 0.2) is 41.4 Å². The predicted octanol–water partition coefficient (Wildman–Crippen LogP) is 1.99. The Morgan fingerprint density at radius 3 is 2.85 bits per heavy atom. The van der Waals surface area contributed by atoms with Crippen LogP contribution in [0.3, 0.4) is 0 Å². The van der Waals surface area contributed by atoms with E-state index >= 15 is 0 Å². The van der Waals surface area contributed by atoms with Gasteiger partial charge < -0.3 is 5.32 Å². The number of fused-ring (bicyclic) bond motifs is 1. The van der Waals surface area contributed by atoms with Crippen LogP contribution in [-0.2, 0) is 16.4 Å². The number of aromatic nitrogens is 1. The maximum atomic E-state index is 12.7. The van der Waals surface area contributed by atoms with Crippen molar-refractivity contribution in [1.29, 1.82) is 0 Å². The van der Waals surface area contributed by atoms with Crippen LogP contribution in [0.5, 0.6) is 0 Å². The van der Waals surface area contributed by atoms with E-state index in [9.17, 15) is 12.8 Å². The highest BCUT2D eigenvalue weighted by Crippen LogP contribution is 2.25. The minimum absolute atomic E-state index is 0.0880. The van der Waals surface area contributed by atoms with E-state index in [0.29, 0.717) is 0 Å². The molecule has 5 nitrogen and oxygen atoms in total. The molecule has 2 heterocycles. The topological polar surface area (TPSA) is 71.1 Å². The number of rotatable bonds is 3. The van der Waals surface area contributed by atoms with Gasteiger partial charge in [0.1, 0.15) is 11.6 Å². The molecule has 2 aromatic rings. The Balaban J connectivity index is 1.90. The van der Waals surface area contributed by atoms with Crippen molar-refractivity contribution < 1.29 is 12.8 Å². The van der Waals surface area contributed by atoms with Crippen molar-refractivity contribution in [2.45, 2.75) is 11.3 Å². The molecule has 1 aliphatic rings. The van der Waals surface area contributed by atoms with Crippen molar-refractivity contribution in [1.82, 2.24) is 4.98 Å². The standard InChI is InChI=1S/C13H12FN3O2S/c14-10-1-4-13(16-8-10)17-20(18,19)11-2-3-12-9(7-11)5-6-15-12/h1-4,7-8,15H,5-6H2,(H,16,17). The molecular formula is C13H12FN3O2S. The molecule has 0 saturated carbocycles. The van der Waals surface area contributed by atoms with Gasteiger partial charge >= 0.3 is 0 Å². The highest BCUT2D eigenvalue weighted by atomic mass is 32.2. The van der Waals surface area contributed by atoms with Crippen molar-refractivity contribution >= 4 is 21.5 Å². The van der Waals surface area contributed by atoms with Crippen LogP contribution in [0.4, 0.5) is 15.9 Å². The second-order valence-electron chi connectivity index (χ2n) is 4.46. The van der Waals surface area contributed by atoms with E-state index in [-0.39, 0.29) is 10.7 Å². The van der Waals surface area contributed by atoms with Crippen molar-refractivity contribution in [2.24, 2.45) is 0 Å². The van der Waals surface area contributed by atoms with Crippen LogP contribution in [0.1, 0.15) is 5.56 Å². The van der Waals surface area contributed by atoms with E-state index in [0.717, 1.165) is 36.5 Å². The molecule has 0 spiro atoms. The second kappa shape index (κ2) is 4.75. The fraction of sp³-hybridized carbons (Fsp3) is 0.154. The minimum Gasteiger partial charge on any atom is -0.384 e. The van der Waals surface area contributed by atoms with Crippen molar-refractivity contribution in [2.75, 3.05) is 16.6 Å². The predicted molar refractivity (Wildman–Crippen MR) is 73.6 cm³/mol. The number of halogens is 1. The van der Waals surface area contributed by atoms with Crippen LogP contribution >= 0.6 is 0 Å². The number of hydrogen-bond acceptors (Lipinski definition) is 4. The Morgan fingerprint density at radius 2 is 2.10 bits per heavy atom. The Morgan fingerprint density at radius 1 is 1.25 bits per heavy atom. The largest absolute Gasteiger partial charge is 0.384 e. The highest BCUT2D eigenvalue weighted by Gasteiger charge is 2.18. The summed E-state index contributed by atoms with van der Waals surface area (Å²) in [4.78, 5) is 3.86. The molecule has 20 heavy (non-hydrogen) atoms. The third-order valence-corrected chi connectivity index (χ3v) is 4.42. The molecule has 0 atom stereocenters. The van der Waals surface area contributed by atoms with Gasteiger partial charge in [0.05, 0.1) is 11.1 Å². The van der Waals surface area contributed by atoms with Crippen LogP contribution in [0.2, 0.25) is 0 Å². The zero-order chi connectivity index (χ0) is 14.2. The van der Waals surface area contributed by atoms with E-state index in [1.165, 1.54) is 12.1 Å². The van der Waals surface area contributed by atoms with Gasteiger partial charge in [0.2, 0.25) is 0 Å². The average Bonchev–Trinajstić information content (AvgIpc) is 2.88. The first kappa shape index (κ1) is 12.9. The van der Waals surface area contributed by atoms with Crippen LogP contribution in [0, 0.1) is 5.82 Å². The lowest BCUT2D eigenvalue weighted by Gasteiger charge is -2.08. The molecule has 0 amide bonds. The van der Waals surface area contributed by atoms with Crippen LogP contribution in [0.25, 0.3) is 0 Å². The summed E-state index contributed by atoms with van der Waals surface area (Å²) in [5.74, 6) is -0.429. The molecule has 1 aromatic heterocycles. The SMILES string of the molecule is O=S(=O)(Nc1ccc(F)cn1)c1ccc2c(c1)CCN2. The number of nitrogens with zero attached hydrogens (tertiary/aromatic N) is 1. The summed E-state index contributed by atoms with van der Waals surface area (Å²) >= 11 is 0. The Hall–Kier alpha value is -2.15. The summed E-state index contributed by atoms with van der Waals surface area (Å²) in [5, 5.41) is 3.17. The van der Waals surface area contributed by atoms with E-state index in [4.69, 9.17) is 0 Å². The van der Waals surface area contributed by atoms with E-state index in [1.54, 1.807) is 12.1 Å². The highest BCUT2D eigenvalue weighted by molar-refractivity contribution is 7.92. The molecule has 0 saturated heterocycles.